The summed E-state index contributed by atoms with van der Waals surface area (Å²) in [6, 6.07) is 67.7. The van der Waals surface area contributed by atoms with E-state index in [1.807, 2.05) is 131 Å². The van der Waals surface area contributed by atoms with Crippen LogP contribution in [0.1, 0.15) is 118 Å². The van der Waals surface area contributed by atoms with E-state index in [0.717, 1.165) is 61.0 Å². The van der Waals surface area contributed by atoms with E-state index in [4.69, 9.17) is 26.2 Å². The van der Waals surface area contributed by atoms with Gasteiger partial charge in [-0.1, -0.05) is 195 Å². The Bertz CT molecular complexity index is 5340. The van der Waals surface area contributed by atoms with Gasteiger partial charge in [0.15, 0.2) is 0 Å². The Balaban J connectivity index is 0.00000896. The van der Waals surface area contributed by atoms with Crippen molar-refractivity contribution in [2.24, 2.45) is 0 Å². The molecule has 3 aromatic heterocycles. The largest absolute Gasteiger partial charge is 0.510 e. The number of aryl methyl sites for hydroxylation is 4. The summed E-state index contributed by atoms with van der Waals surface area (Å²) >= 11 is 0. The SMILES string of the molecule is [2H]C([2H])([2H])c1cccc(C([2H])([2H])[2H])c1-c1cc(-c2cc(C(C)(C)C)cc(C(C)(C)C)c2)c2c(c1)-c1ccccc1-c1ccccc1-c1cc(-c3c(C([2H])([2H])[2H])cccc3C([2H])([2H])[2H])cc3c1[n+]-2[c-]n3-c1[c-]c(Oc2[c-]c3c(cc2)c2ccccc2n3-c2cc(C(C)(C)C)ccn2)ccc1.[Pt]. The number of imidazole rings is 1. The number of fused-ring (bicyclic) bond motifs is 10. The van der Waals surface area contributed by atoms with Gasteiger partial charge < -0.3 is 13.9 Å². The summed E-state index contributed by atoms with van der Waals surface area (Å²) in [5.74, 6) is 1.44. The van der Waals surface area contributed by atoms with Crippen molar-refractivity contribution in [3.8, 4) is 95.5 Å². The third-order valence-corrected chi connectivity index (χ3v) is 17.1. The van der Waals surface area contributed by atoms with Crippen LogP contribution in [0.4, 0.5) is 0 Å². The fraction of sp³-hybridized carbons (Fsp3) is 0.195. The Morgan fingerprint density at radius 1 is 0.443 bits per heavy atom. The molecule has 13 aromatic rings. The van der Waals surface area contributed by atoms with Crippen molar-refractivity contribution < 1.29 is 46.8 Å². The van der Waals surface area contributed by atoms with E-state index >= 15 is 0 Å². The molecule has 0 saturated carbocycles. The molecule has 88 heavy (non-hydrogen) atoms. The first-order chi connectivity index (χ1) is 46.5. The topological polar surface area (TPSA) is 35.9 Å². The zero-order valence-electron chi connectivity index (χ0n) is 62.6. The quantitative estimate of drug-likeness (QED) is 0.118. The van der Waals surface area contributed by atoms with Crippen LogP contribution < -0.4 is 9.30 Å². The van der Waals surface area contributed by atoms with Crippen LogP contribution in [0.15, 0.2) is 200 Å². The minimum atomic E-state index is -2.77. The normalized spacial score (nSPS) is 14.9. The van der Waals surface area contributed by atoms with Crippen molar-refractivity contribution in [1.82, 2.24) is 14.1 Å². The van der Waals surface area contributed by atoms with E-state index in [2.05, 4.69) is 122 Å². The zero-order chi connectivity index (χ0) is 70.4. The van der Waals surface area contributed by atoms with Crippen molar-refractivity contribution in [2.75, 3.05) is 0 Å². The summed E-state index contributed by atoms with van der Waals surface area (Å²) in [6.45, 7) is 8.41. The molecule has 0 aliphatic carbocycles. The zero-order valence-corrected chi connectivity index (χ0v) is 52.8. The second kappa shape index (κ2) is 21.8. The molecule has 5 nitrogen and oxygen atoms in total. The Kier molecular flexibility index (Phi) is 11.2. The Morgan fingerprint density at radius 2 is 0.977 bits per heavy atom. The van der Waals surface area contributed by atoms with E-state index < -0.39 is 38.2 Å². The molecular weight excluding hydrogens is 1250 g/mol. The molecule has 0 saturated heterocycles. The molecular formula is C82H72N4OPt-2. The van der Waals surface area contributed by atoms with E-state index in [0.29, 0.717) is 72.9 Å². The number of hydrogen-bond donors (Lipinski definition) is 0. The van der Waals surface area contributed by atoms with Crippen LogP contribution in [0.25, 0.3) is 117 Å². The molecule has 1 aliphatic rings. The number of nitrogens with zero attached hydrogens (tertiary/aromatic N) is 4. The van der Waals surface area contributed by atoms with Gasteiger partial charge in [0.2, 0.25) is 0 Å². The second-order valence-corrected chi connectivity index (χ2v) is 26.0. The van der Waals surface area contributed by atoms with Gasteiger partial charge in [0.05, 0.1) is 16.7 Å². The van der Waals surface area contributed by atoms with Crippen LogP contribution >= 0.6 is 0 Å². The summed E-state index contributed by atoms with van der Waals surface area (Å²) in [5.41, 5.74) is 11.7. The number of rotatable bonds is 7. The van der Waals surface area contributed by atoms with Gasteiger partial charge in [0, 0.05) is 60.7 Å². The maximum absolute atomic E-state index is 9.02. The van der Waals surface area contributed by atoms with Crippen molar-refractivity contribution in [3.05, 3.63) is 258 Å². The Hall–Kier alpha value is -8.89. The number of para-hydroxylation sites is 1. The first-order valence-corrected chi connectivity index (χ1v) is 29.5. The number of pyridine rings is 1. The van der Waals surface area contributed by atoms with Gasteiger partial charge in [-0.3, -0.25) is 4.57 Å². The monoisotopic (exact) mass is 1340 g/mol. The number of ether oxygens (including phenoxy) is 1. The summed E-state index contributed by atoms with van der Waals surface area (Å²) < 4.78 is 121. The van der Waals surface area contributed by atoms with Crippen LogP contribution in [0, 0.1) is 45.9 Å². The van der Waals surface area contributed by atoms with Crippen molar-refractivity contribution in [3.63, 3.8) is 0 Å². The molecule has 0 radical (unpaired) electrons. The molecule has 6 heteroatoms. The molecule has 1 aliphatic heterocycles. The van der Waals surface area contributed by atoms with Gasteiger partial charge in [-0.2, -0.15) is 18.2 Å². The fourth-order valence-corrected chi connectivity index (χ4v) is 12.6. The number of benzene rings is 10. The van der Waals surface area contributed by atoms with E-state index in [9.17, 15) is 0 Å². The van der Waals surface area contributed by atoms with E-state index in [1.165, 1.54) is 36.4 Å². The van der Waals surface area contributed by atoms with E-state index in [1.54, 1.807) is 6.07 Å². The number of aromatic nitrogens is 4. The molecule has 438 valence electrons. The van der Waals surface area contributed by atoms with Crippen LogP contribution in [-0.4, -0.2) is 14.1 Å². The predicted octanol–water partition coefficient (Wildman–Crippen LogP) is 21.0. The molecule has 0 fully saturated rings. The fourth-order valence-electron chi connectivity index (χ4n) is 12.6. The summed E-state index contributed by atoms with van der Waals surface area (Å²) in [5, 5.41) is 1.97. The first kappa shape index (κ1) is 45.4. The molecule has 0 spiro atoms. The van der Waals surface area contributed by atoms with Gasteiger partial charge >= 0.3 is 0 Å². The smallest absolute Gasteiger partial charge is 0.268 e. The first-order valence-electron chi connectivity index (χ1n) is 35.5. The molecule has 0 atom stereocenters. The van der Waals surface area contributed by atoms with Gasteiger partial charge in [0.1, 0.15) is 5.82 Å². The van der Waals surface area contributed by atoms with Crippen molar-refractivity contribution in [2.45, 2.75) is 106 Å². The molecule has 10 aromatic carbocycles. The van der Waals surface area contributed by atoms with E-state index in [-0.39, 0.29) is 59.9 Å². The summed E-state index contributed by atoms with van der Waals surface area (Å²) in [4.78, 5) is 4.90. The van der Waals surface area contributed by atoms with Crippen LogP contribution in [0.5, 0.6) is 11.5 Å². The maximum atomic E-state index is 9.02. The van der Waals surface area contributed by atoms with Crippen molar-refractivity contribution >= 4 is 32.8 Å². The molecule has 0 amide bonds. The Labute approximate surface area is 550 Å². The van der Waals surface area contributed by atoms with Gasteiger partial charge in [-0.25, -0.2) is 4.98 Å². The maximum Gasteiger partial charge on any atom is 0.268 e. The summed E-state index contributed by atoms with van der Waals surface area (Å²) in [6.07, 6.45) is 5.69. The third-order valence-electron chi connectivity index (χ3n) is 17.1. The molecule has 0 unspecified atom stereocenters. The van der Waals surface area contributed by atoms with Gasteiger partial charge in [0.25, 0.3) is 6.33 Å². The van der Waals surface area contributed by atoms with Crippen LogP contribution in [-0.2, 0) is 37.3 Å². The third kappa shape index (κ3) is 10.0. The minimum absolute atomic E-state index is 0. The van der Waals surface area contributed by atoms with Crippen LogP contribution in [0.3, 0.4) is 0 Å². The van der Waals surface area contributed by atoms with Crippen LogP contribution in [0.2, 0.25) is 0 Å². The van der Waals surface area contributed by atoms with Gasteiger partial charge in [-0.05, 0) is 197 Å². The average molecular weight is 1340 g/mol. The predicted molar refractivity (Wildman–Crippen MR) is 361 cm³/mol. The minimum Gasteiger partial charge on any atom is -0.510 e. The molecule has 14 rings (SSSR count). The number of hydrogen-bond acceptors (Lipinski definition) is 2. The van der Waals surface area contributed by atoms with Gasteiger partial charge in [-0.15, -0.1) is 29.7 Å². The second-order valence-electron chi connectivity index (χ2n) is 26.0. The molecule has 4 heterocycles. The molecule has 0 N–H and O–H groups in total. The summed E-state index contributed by atoms with van der Waals surface area (Å²) in [7, 11) is 0. The standard InChI is InChI=1S/C82H72N4O.Pt/c1-50-23-20-24-51(2)76(50)55-41-69(54-39-58(81(8,9)10)45-59(40-54)82(11,12)13)78-70(42-55)65-31-16-14-29-63(65)64-30-15-17-32-66(64)71-43-56(77-52(3)25-21-26-53(77)4)44-74-79(71)85(78)49-84(74)60-27-22-28-61(47-60)87-62-35-36-68-67-33-18-19-34-72(67)86(73(68)48-62)75-46-57(37-38-83-75)80(5,6)7;/h14-46H,1-13H3;/q-2;/i1D3,2D3,3D3,4D3;. The average Bonchev–Trinajstić information content (AvgIpc) is 1.50. The Morgan fingerprint density at radius 3 is 1.59 bits per heavy atom. The molecule has 0 bridgehead atoms. The van der Waals surface area contributed by atoms with Crippen molar-refractivity contribution in [1.29, 1.82) is 0 Å².